The van der Waals surface area contributed by atoms with Crippen LogP contribution >= 0.6 is 0 Å². The molecule has 1 heterocycles. The maximum atomic E-state index is 12.4. The molecule has 0 bridgehead atoms. The number of carbonyl (C=O) groups is 4. The Hall–Kier alpha value is -3.36. The van der Waals surface area contributed by atoms with Crippen LogP contribution in [-0.4, -0.2) is 54.4 Å². The molecule has 0 unspecified atom stereocenters. The van der Waals surface area contributed by atoms with E-state index in [1.807, 2.05) is 31.2 Å². The van der Waals surface area contributed by atoms with Crippen LogP contribution in [0.1, 0.15) is 25.8 Å². The first kappa shape index (κ1) is 21.9. The van der Waals surface area contributed by atoms with Crippen molar-refractivity contribution >= 4 is 34.6 Å². The summed E-state index contributed by atoms with van der Waals surface area (Å²) in [7, 11) is 0. The van der Waals surface area contributed by atoms with Gasteiger partial charge in [-0.1, -0.05) is 25.1 Å². The maximum Gasteiger partial charge on any atom is 0.329 e. The number of nitrogens with one attached hydrogen (secondary N) is 4. The lowest BCUT2D eigenvalue weighted by molar-refractivity contribution is -0.151. The minimum absolute atomic E-state index is 0.194. The molecular weight excluding hydrogens is 376 g/mol. The molecular formula is C20H26N4O5. The number of amides is 3. The summed E-state index contributed by atoms with van der Waals surface area (Å²) in [5.74, 6) is -2.03. The second kappa shape index (κ2) is 10.8. The van der Waals surface area contributed by atoms with Crippen molar-refractivity contribution in [2.24, 2.45) is 0 Å². The van der Waals surface area contributed by atoms with Crippen LogP contribution in [0, 0.1) is 0 Å². The van der Waals surface area contributed by atoms with Crippen molar-refractivity contribution in [3.05, 3.63) is 36.0 Å². The fourth-order valence-electron chi connectivity index (χ4n) is 2.75. The summed E-state index contributed by atoms with van der Waals surface area (Å²) < 4.78 is 5.03. The van der Waals surface area contributed by atoms with Crippen LogP contribution in [0.5, 0.6) is 0 Å². The zero-order valence-electron chi connectivity index (χ0n) is 16.5. The van der Waals surface area contributed by atoms with Gasteiger partial charge in [-0.15, -0.1) is 0 Å². The minimum atomic E-state index is -0.938. The largest absolute Gasteiger partial charge is 0.454 e. The number of H-pyrrole nitrogens is 1. The van der Waals surface area contributed by atoms with Gasteiger partial charge in [-0.25, -0.2) is 4.79 Å². The number of rotatable bonds is 10. The lowest BCUT2D eigenvalue weighted by Gasteiger charge is -2.16. The van der Waals surface area contributed by atoms with E-state index in [1.165, 1.54) is 6.92 Å². The van der Waals surface area contributed by atoms with Gasteiger partial charge in [-0.05, 0) is 18.1 Å². The average Bonchev–Trinajstić information content (AvgIpc) is 3.11. The molecule has 1 aromatic carbocycles. The highest BCUT2D eigenvalue weighted by Gasteiger charge is 2.23. The molecule has 29 heavy (non-hydrogen) atoms. The van der Waals surface area contributed by atoms with Crippen LogP contribution < -0.4 is 16.0 Å². The summed E-state index contributed by atoms with van der Waals surface area (Å²) in [6.45, 7) is 3.01. The second-order valence-electron chi connectivity index (χ2n) is 6.55. The lowest BCUT2D eigenvalue weighted by Crippen LogP contribution is -2.44. The SMILES string of the molecule is CCCNC(=O)CNC(=O)COC(=O)[C@H](Cc1c[nH]c2ccccc12)NC(C)=O. The molecule has 9 nitrogen and oxygen atoms in total. The van der Waals surface area contributed by atoms with E-state index < -0.39 is 24.5 Å². The Morgan fingerprint density at radius 2 is 1.86 bits per heavy atom. The number of hydrogen-bond donors (Lipinski definition) is 4. The second-order valence-corrected chi connectivity index (χ2v) is 6.55. The number of benzene rings is 1. The predicted molar refractivity (Wildman–Crippen MR) is 107 cm³/mol. The summed E-state index contributed by atoms with van der Waals surface area (Å²) in [6.07, 6.45) is 2.77. The van der Waals surface area contributed by atoms with E-state index in [-0.39, 0.29) is 24.8 Å². The van der Waals surface area contributed by atoms with Crippen molar-refractivity contribution in [1.29, 1.82) is 0 Å². The Morgan fingerprint density at radius 1 is 1.10 bits per heavy atom. The first-order chi connectivity index (χ1) is 13.9. The lowest BCUT2D eigenvalue weighted by atomic mass is 10.0. The number of ether oxygens (including phenoxy) is 1. The van der Waals surface area contributed by atoms with Gasteiger partial charge < -0.3 is 25.7 Å². The molecule has 2 rings (SSSR count). The van der Waals surface area contributed by atoms with Gasteiger partial charge in [0.25, 0.3) is 5.91 Å². The zero-order chi connectivity index (χ0) is 21.2. The van der Waals surface area contributed by atoms with Gasteiger partial charge in [0, 0.05) is 37.0 Å². The number of para-hydroxylation sites is 1. The first-order valence-corrected chi connectivity index (χ1v) is 9.42. The quantitative estimate of drug-likeness (QED) is 0.428. The van der Waals surface area contributed by atoms with Crippen molar-refractivity contribution in [2.75, 3.05) is 19.7 Å². The highest BCUT2D eigenvalue weighted by Crippen LogP contribution is 2.19. The number of hydrogen-bond acceptors (Lipinski definition) is 5. The Labute approximate surface area is 168 Å². The van der Waals surface area contributed by atoms with Crippen LogP contribution in [0.3, 0.4) is 0 Å². The summed E-state index contributed by atoms with van der Waals surface area (Å²) in [4.78, 5) is 50.3. The van der Waals surface area contributed by atoms with E-state index >= 15 is 0 Å². The molecule has 1 atom stereocenters. The molecule has 4 N–H and O–H groups in total. The molecule has 156 valence electrons. The van der Waals surface area contributed by atoms with Crippen LogP contribution in [0.4, 0.5) is 0 Å². The van der Waals surface area contributed by atoms with Crippen molar-refractivity contribution < 1.29 is 23.9 Å². The monoisotopic (exact) mass is 402 g/mol. The first-order valence-electron chi connectivity index (χ1n) is 9.42. The third-order valence-corrected chi connectivity index (χ3v) is 4.12. The van der Waals surface area contributed by atoms with Gasteiger partial charge in [-0.3, -0.25) is 14.4 Å². The highest BCUT2D eigenvalue weighted by molar-refractivity contribution is 5.89. The number of fused-ring (bicyclic) bond motifs is 1. The van der Waals surface area contributed by atoms with Crippen LogP contribution in [0.25, 0.3) is 10.9 Å². The summed E-state index contributed by atoms with van der Waals surface area (Å²) in [5.41, 5.74) is 1.76. The predicted octanol–water partition coefficient (Wildman–Crippen LogP) is 0.401. The zero-order valence-corrected chi connectivity index (χ0v) is 16.5. The van der Waals surface area contributed by atoms with E-state index in [2.05, 4.69) is 20.9 Å². The molecule has 3 amide bonds. The fraction of sp³-hybridized carbons (Fsp3) is 0.400. The van der Waals surface area contributed by atoms with Gasteiger partial charge in [0.2, 0.25) is 11.8 Å². The number of aromatic nitrogens is 1. The van der Waals surface area contributed by atoms with Crippen molar-refractivity contribution in [3.8, 4) is 0 Å². The van der Waals surface area contributed by atoms with E-state index in [4.69, 9.17) is 4.74 Å². The smallest absolute Gasteiger partial charge is 0.329 e. The van der Waals surface area contributed by atoms with E-state index in [0.717, 1.165) is 22.9 Å². The molecule has 0 radical (unpaired) electrons. The maximum absolute atomic E-state index is 12.4. The Morgan fingerprint density at radius 3 is 2.59 bits per heavy atom. The molecule has 0 spiro atoms. The van der Waals surface area contributed by atoms with Gasteiger partial charge in [-0.2, -0.15) is 0 Å². The van der Waals surface area contributed by atoms with Crippen molar-refractivity contribution in [1.82, 2.24) is 20.9 Å². The molecule has 0 aliphatic heterocycles. The number of carbonyl (C=O) groups excluding carboxylic acids is 4. The van der Waals surface area contributed by atoms with Crippen LogP contribution in [0.2, 0.25) is 0 Å². The van der Waals surface area contributed by atoms with E-state index in [9.17, 15) is 19.2 Å². The van der Waals surface area contributed by atoms with Gasteiger partial charge >= 0.3 is 5.97 Å². The molecule has 0 saturated heterocycles. The van der Waals surface area contributed by atoms with Crippen LogP contribution in [-0.2, 0) is 30.3 Å². The summed E-state index contributed by atoms with van der Waals surface area (Å²) in [6, 6.07) is 6.66. The van der Waals surface area contributed by atoms with E-state index in [1.54, 1.807) is 6.20 Å². The Bertz CT molecular complexity index is 877. The molecule has 2 aromatic rings. The normalized spacial score (nSPS) is 11.5. The molecule has 0 aliphatic rings. The molecule has 1 aromatic heterocycles. The summed E-state index contributed by atoms with van der Waals surface area (Å²) >= 11 is 0. The average molecular weight is 402 g/mol. The third-order valence-electron chi connectivity index (χ3n) is 4.12. The highest BCUT2D eigenvalue weighted by atomic mass is 16.5. The Kier molecular flexibility index (Phi) is 8.20. The molecule has 0 fully saturated rings. The van der Waals surface area contributed by atoms with Gasteiger partial charge in [0.1, 0.15) is 6.04 Å². The summed E-state index contributed by atoms with van der Waals surface area (Å²) in [5, 5.41) is 8.49. The Balaban J connectivity index is 1.91. The number of aromatic amines is 1. The molecule has 0 aliphatic carbocycles. The number of esters is 1. The van der Waals surface area contributed by atoms with Gasteiger partial charge in [0.05, 0.1) is 6.54 Å². The van der Waals surface area contributed by atoms with Gasteiger partial charge in [0.15, 0.2) is 6.61 Å². The third kappa shape index (κ3) is 6.95. The molecule has 0 saturated carbocycles. The fourth-order valence-corrected chi connectivity index (χ4v) is 2.75. The molecule has 9 heteroatoms. The minimum Gasteiger partial charge on any atom is -0.454 e. The van der Waals surface area contributed by atoms with Crippen molar-refractivity contribution in [3.63, 3.8) is 0 Å². The van der Waals surface area contributed by atoms with E-state index in [0.29, 0.717) is 6.54 Å². The van der Waals surface area contributed by atoms with Crippen molar-refractivity contribution in [2.45, 2.75) is 32.7 Å². The topological polar surface area (TPSA) is 129 Å². The standard InChI is InChI=1S/C20H26N4O5/c1-3-8-21-18(26)11-23-19(27)12-29-20(28)17(24-13(2)25)9-14-10-22-16-7-5-4-6-15(14)16/h4-7,10,17,22H,3,8-9,11-12H2,1-2H3,(H,21,26)(H,23,27)(H,24,25)/t17-/m0/s1. The van der Waals surface area contributed by atoms with Crippen LogP contribution in [0.15, 0.2) is 30.5 Å².